The van der Waals surface area contributed by atoms with E-state index in [1.807, 2.05) is 12.1 Å². The van der Waals surface area contributed by atoms with Gasteiger partial charge in [0.15, 0.2) is 10.8 Å². The Labute approximate surface area is 164 Å². The number of halogens is 1. The molecule has 0 radical (unpaired) electrons. The molecule has 7 nitrogen and oxygen atoms in total. The Kier molecular flexibility index (Phi) is 5.09. The predicted octanol–water partition coefficient (Wildman–Crippen LogP) is 2.42. The summed E-state index contributed by atoms with van der Waals surface area (Å²) in [6.45, 7) is 2.22. The molecule has 4 rings (SSSR count). The van der Waals surface area contributed by atoms with Crippen LogP contribution in [0.25, 0.3) is 10.3 Å². The van der Waals surface area contributed by atoms with Gasteiger partial charge in [0, 0.05) is 24.7 Å². The van der Waals surface area contributed by atoms with Crippen LogP contribution in [-0.4, -0.2) is 33.5 Å². The summed E-state index contributed by atoms with van der Waals surface area (Å²) in [5.74, 6) is -0.252. The maximum absolute atomic E-state index is 12.7. The van der Waals surface area contributed by atoms with Crippen molar-refractivity contribution in [2.24, 2.45) is 0 Å². The number of nitrogens with zero attached hydrogens (tertiary/aromatic N) is 4. The molecule has 0 saturated carbocycles. The minimum Gasteiger partial charge on any atom is -0.350 e. The van der Waals surface area contributed by atoms with Crippen LogP contribution in [-0.2, 0) is 17.9 Å². The van der Waals surface area contributed by atoms with E-state index in [-0.39, 0.29) is 18.0 Å². The highest BCUT2D eigenvalue weighted by Crippen LogP contribution is 2.27. The number of hydrogen-bond donors (Lipinski definition) is 1. The zero-order chi connectivity index (χ0) is 18.8. The molecule has 0 aliphatic carbocycles. The van der Waals surface area contributed by atoms with E-state index in [1.54, 1.807) is 12.1 Å². The average molecular weight is 404 g/mol. The highest BCUT2D eigenvalue weighted by atomic mass is 35.5. The summed E-state index contributed by atoms with van der Waals surface area (Å²) in [5, 5.41) is 4.28. The molecule has 1 amide bonds. The van der Waals surface area contributed by atoms with E-state index in [0.717, 1.165) is 36.6 Å². The Morgan fingerprint density at radius 1 is 1.22 bits per heavy atom. The third-order valence-corrected chi connectivity index (χ3v) is 5.81. The normalized spacial score (nSPS) is 14.0. The third kappa shape index (κ3) is 3.96. The lowest BCUT2D eigenvalue weighted by atomic mass is 10.2. The van der Waals surface area contributed by atoms with E-state index in [2.05, 4.69) is 20.2 Å². The second-order valence-corrected chi connectivity index (χ2v) is 7.84. The fourth-order valence-corrected chi connectivity index (χ4v) is 4.15. The Morgan fingerprint density at radius 3 is 2.70 bits per heavy atom. The van der Waals surface area contributed by atoms with Crippen LogP contribution < -0.4 is 15.8 Å². The van der Waals surface area contributed by atoms with Crippen LogP contribution in [0.3, 0.4) is 0 Å². The molecule has 140 valence electrons. The summed E-state index contributed by atoms with van der Waals surface area (Å²) in [7, 11) is 0. The number of rotatable bonds is 5. The molecule has 3 heterocycles. The quantitative estimate of drug-likeness (QED) is 0.707. The summed E-state index contributed by atoms with van der Waals surface area (Å²) < 4.78 is 1.82. The Hall–Kier alpha value is -2.45. The molecular formula is C18H18ClN5O2S. The number of anilines is 1. The highest BCUT2D eigenvalue weighted by Gasteiger charge is 2.19. The molecule has 0 unspecified atom stereocenters. The van der Waals surface area contributed by atoms with Gasteiger partial charge in [0.2, 0.25) is 5.91 Å². The van der Waals surface area contributed by atoms with Crippen LogP contribution in [0.2, 0.25) is 5.02 Å². The molecule has 1 fully saturated rings. The van der Waals surface area contributed by atoms with Crippen LogP contribution in [0.5, 0.6) is 0 Å². The van der Waals surface area contributed by atoms with E-state index >= 15 is 0 Å². The molecule has 9 heteroatoms. The van der Waals surface area contributed by atoms with Gasteiger partial charge in [0.25, 0.3) is 5.56 Å². The summed E-state index contributed by atoms with van der Waals surface area (Å²) in [5.41, 5.74) is 1.15. The van der Waals surface area contributed by atoms with Crippen molar-refractivity contribution in [1.29, 1.82) is 0 Å². The van der Waals surface area contributed by atoms with Crippen molar-refractivity contribution in [3.05, 3.63) is 51.5 Å². The van der Waals surface area contributed by atoms with Crippen molar-refractivity contribution in [2.45, 2.75) is 25.9 Å². The smallest absolute Gasteiger partial charge is 0.273 e. The molecule has 27 heavy (non-hydrogen) atoms. The number of aromatic nitrogens is 3. The number of carbonyl (C=O) groups excluding carboxylic acids is 1. The van der Waals surface area contributed by atoms with E-state index in [1.165, 1.54) is 22.2 Å². The largest absolute Gasteiger partial charge is 0.350 e. The summed E-state index contributed by atoms with van der Waals surface area (Å²) >= 11 is 7.20. The SMILES string of the molecule is O=C(Cn1cnc2nc(N3CCCC3)sc2c1=O)NCc1ccc(Cl)cc1. The number of benzene rings is 1. The molecule has 0 bridgehead atoms. The first-order chi connectivity index (χ1) is 13.1. The van der Waals surface area contributed by atoms with Crippen molar-refractivity contribution in [3.63, 3.8) is 0 Å². The average Bonchev–Trinajstić information content (AvgIpc) is 3.33. The van der Waals surface area contributed by atoms with E-state index < -0.39 is 0 Å². The van der Waals surface area contributed by atoms with Crippen LogP contribution in [0, 0.1) is 0 Å². The van der Waals surface area contributed by atoms with Crippen molar-refractivity contribution >= 4 is 44.3 Å². The van der Waals surface area contributed by atoms with Gasteiger partial charge >= 0.3 is 0 Å². The van der Waals surface area contributed by atoms with Gasteiger partial charge in [-0.1, -0.05) is 35.1 Å². The fourth-order valence-electron chi connectivity index (χ4n) is 3.00. The molecule has 2 aromatic heterocycles. The van der Waals surface area contributed by atoms with E-state index in [0.29, 0.717) is 21.9 Å². The number of nitrogens with one attached hydrogen (secondary N) is 1. The van der Waals surface area contributed by atoms with Crippen LogP contribution in [0.15, 0.2) is 35.4 Å². The maximum Gasteiger partial charge on any atom is 0.273 e. The van der Waals surface area contributed by atoms with Gasteiger partial charge in [-0.25, -0.2) is 4.98 Å². The van der Waals surface area contributed by atoms with E-state index in [9.17, 15) is 9.59 Å². The minimum absolute atomic E-state index is 0.0771. The monoisotopic (exact) mass is 403 g/mol. The molecular weight excluding hydrogens is 386 g/mol. The lowest BCUT2D eigenvalue weighted by Crippen LogP contribution is -2.31. The van der Waals surface area contributed by atoms with Gasteiger partial charge in [-0.2, -0.15) is 4.98 Å². The number of fused-ring (bicyclic) bond motifs is 1. The first kappa shape index (κ1) is 17.9. The molecule has 0 atom stereocenters. The molecule has 1 aliphatic rings. The molecule has 1 saturated heterocycles. The highest BCUT2D eigenvalue weighted by molar-refractivity contribution is 7.22. The fraction of sp³-hybridized carbons (Fsp3) is 0.333. The number of carbonyl (C=O) groups is 1. The Balaban J connectivity index is 1.46. The first-order valence-corrected chi connectivity index (χ1v) is 9.92. The second kappa shape index (κ2) is 7.66. The molecule has 1 N–H and O–H groups in total. The van der Waals surface area contributed by atoms with Gasteiger partial charge in [-0.15, -0.1) is 0 Å². The van der Waals surface area contributed by atoms with Gasteiger partial charge in [0.1, 0.15) is 17.6 Å². The second-order valence-electron chi connectivity index (χ2n) is 6.42. The van der Waals surface area contributed by atoms with Gasteiger partial charge in [0.05, 0.1) is 0 Å². The summed E-state index contributed by atoms with van der Waals surface area (Å²) in [6, 6.07) is 7.24. The number of hydrogen-bond acceptors (Lipinski definition) is 6. The minimum atomic E-state index is -0.252. The van der Waals surface area contributed by atoms with Crippen molar-refractivity contribution in [1.82, 2.24) is 19.9 Å². The molecule has 1 aliphatic heterocycles. The van der Waals surface area contributed by atoms with Crippen molar-refractivity contribution in [3.8, 4) is 0 Å². The van der Waals surface area contributed by atoms with Crippen LogP contribution in [0.4, 0.5) is 5.13 Å². The van der Waals surface area contributed by atoms with Crippen LogP contribution >= 0.6 is 22.9 Å². The summed E-state index contributed by atoms with van der Waals surface area (Å²) in [6.07, 6.45) is 3.67. The maximum atomic E-state index is 12.7. The Bertz CT molecular complexity index is 1020. The van der Waals surface area contributed by atoms with E-state index in [4.69, 9.17) is 11.6 Å². The number of amides is 1. The van der Waals surface area contributed by atoms with Gasteiger partial charge in [-0.05, 0) is 30.5 Å². The topological polar surface area (TPSA) is 80.1 Å². The Morgan fingerprint density at radius 2 is 1.96 bits per heavy atom. The van der Waals surface area contributed by atoms with Crippen molar-refractivity contribution in [2.75, 3.05) is 18.0 Å². The number of thiazole rings is 1. The molecule has 3 aromatic rings. The zero-order valence-corrected chi connectivity index (χ0v) is 16.1. The first-order valence-electron chi connectivity index (χ1n) is 8.72. The predicted molar refractivity (Wildman–Crippen MR) is 106 cm³/mol. The van der Waals surface area contributed by atoms with Gasteiger partial charge in [-0.3, -0.25) is 14.2 Å². The van der Waals surface area contributed by atoms with Crippen molar-refractivity contribution < 1.29 is 4.79 Å². The van der Waals surface area contributed by atoms with Crippen LogP contribution in [0.1, 0.15) is 18.4 Å². The van der Waals surface area contributed by atoms with Gasteiger partial charge < -0.3 is 10.2 Å². The molecule has 0 spiro atoms. The zero-order valence-electron chi connectivity index (χ0n) is 14.5. The standard InChI is InChI=1S/C18H18ClN5O2S/c19-13-5-3-12(4-6-13)9-20-14(25)10-24-11-21-16-15(17(24)26)27-18(22-16)23-7-1-2-8-23/h3-6,11H,1-2,7-10H2,(H,20,25). The lowest BCUT2D eigenvalue weighted by Gasteiger charge is -2.11. The summed E-state index contributed by atoms with van der Waals surface area (Å²) in [4.78, 5) is 35.8. The molecule has 1 aromatic carbocycles. The lowest BCUT2D eigenvalue weighted by molar-refractivity contribution is -0.121. The third-order valence-electron chi connectivity index (χ3n) is 4.47.